The second-order valence-electron chi connectivity index (χ2n) is 7.01. The number of nitrogen functional groups attached to an aromatic ring is 1. The number of aromatic nitrogens is 1. The number of nitriles is 1. The van der Waals surface area contributed by atoms with Crippen LogP contribution in [0.5, 0.6) is 17.2 Å². The standard InChI is InChI=1S/C20H22N4O3/c1-11(2)24-5-4-15-14(9-24)18(13(8-21)20(22)23-15)12-6-16(25-3)19-17(7-12)26-10-27-19/h6-7,11H,4-5,9-10H2,1-3H3,(H2,22,23). The third-order valence-electron chi connectivity index (χ3n) is 5.20. The van der Waals surface area contributed by atoms with E-state index in [1.165, 1.54) is 0 Å². The Bertz CT molecular complexity index is 949. The van der Waals surface area contributed by atoms with Gasteiger partial charge in [-0.15, -0.1) is 0 Å². The van der Waals surface area contributed by atoms with Crippen LogP contribution >= 0.6 is 0 Å². The highest BCUT2D eigenvalue weighted by molar-refractivity contribution is 5.82. The van der Waals surface area contributed by atoms with Crippen molar-refractivity contribution in [1.82, 2.24) is 9.88 Å². The molecule has 0 aliphatic carbocycles. The van der Waals surface area contributed by atoms with Gasteiger partial charge in [0.05, 0.1) is 7.11 Å². The summed E-state index contributed by atoms with van der Waals surface area (Å²) in [6.07, 6.45) is 0.804. The molecule has 2 aliphatic rings. The van der Waals surface area contributed by atoms with Crippen LogP contribution in [0, 0.1) is 11.3 Å². The molecule has 7 heteroatoms. The van der Waals surface area contributed by atoms with Crippen LogP contribution in [0.3, 0.4) is 0 Å². The highest BCUT2D eigenvalue weighted by Crippen LogP contribution is 2.46. The molecular formula is C20H22N4O3. The number of rotatable bonds is 3. The molecule has 4 rings (SSSR count). The average Bonchev–Trinajstić information content (AvgIpc) is 3.14. The van der Waals surface area contributed by atoms with Crippen LogP contribution in [0.4, 0.5) is 5.82 Å². The molecule has 0 unspecified atom stereocenters. The summed E-state index contributed by atoms with van der Waals surface area (Å²) in [5, 5.41) is 9.79. The lowest BCUT2D eigenvalue weighted by atomic mass is 9.90. The number of hydrogen-bond donors (Lipinski definition) is 1. The van der Waals surface area contributed by atoms with E-state index in [0.29, 0.717) is 28.9 Å². The van der Waals surface area contributed by atoms with Crippen molar-refractivity contribution in [2.75, 3.05) is 26.2 Å². The lowest BCUT2D eigenvalue weighted by Crippen LogP contribution is -2.36. The van der Waals surface area contributed by atoms with Crippen LogP contribution in [-0.2, 0) is 13.0 Å². The highest BCUT2D eigenvalue weighted by atomic mass is 16.7. The topological polar surface area (TPSA) is 93.6 Å². The van der Waals surface area contributed by atoms with Gasteiger partial charge in [-0.2, -0.15) is 5.26 Å². The van der Waals surface area contributed by atoms with Crippen LogP contribution in [0.25, 0.3) is 11.1 Å². The zero-order valence-corrected chi connectivity index (χ0v) is 15.7. The Morgan fingerprint density at radius 1 is 1.33 bits per heavy atom. The van der Waals surface area contributed by atoms with Crippen LogP contribution in [-0.4, -0.2) is 36.4 Å². The van der Waals surface area contributed by atoms with Crippen LogP contribution in [0.15, 0.2) is 12.1 Å². The highest BCUT2D eigenvalue weighted by Gasteiger charge is 2.28. The Kier molecular flexibility index (Phi) is 4.28. The van der Waals surface area contributed by atoms with Gasteiger partial charge in [0.25, 0.3) is 0 Å². The third-order valence-corrected chi connectivity index (χ3v) is 5.20. The normalized spacial score (nSPS) is 15.5. The summed E-state index contributed by atoms with van der Waals surface area (Å²) in [6, 6.07) is 6.40. The van der Waals surface area contributed by atoms with Crippen LogP contribution in [0.2, 0.25) is 0 Å². The molecular weight excluding hydrogens is 344 g/mol. The van der Waals surface area contributed by atoms with Gasteiger partial charge in [0.1, 0.15) is 17.5 Å². The number of pyridine rings is 1. The van der Waals surface area contributed by atoms with Crippen molar-refractivity contribution in [3.05, 3.63) is 29.0 Å². The smallest absolute Gasteiger partial charge is 0.231 e. The fraction of sp³-hybridized carbons (Fsp3) is 0.400. The second-order valence-corrected chi connectivity index (χ2v) is 7.01. The number of hydrogen-bond acceptors (Lipinski definition) is 7. The molecule has 0 radical (unpaired) electrons. The number of fused-ring (bicyclic) bond motifs is 2. The maximum absolute atomic E-state index is 9.79. The third kappa shape index (κ3) is 2.82. The van der Waals surface area contributed by atoms with Crippen molar-refractivity contribution >= 4 is 5.82 Å². The van der Waals surface area contributed by atoms with Crippen molar-refractivity contribution in [3.8, 4) is 34.4 Å². The van der Waals surface area contributed by atoms with Crippen LogP contribution in [0.1, 0.15) is 30.7 Å². The number of nitrogens with two attached hydrogens (primary N) is 1. The molecule has 0 saturated carbocycles. The molecule has 2 aliphatic heterocycles. The van der Waals surface area contributed by atoms with Crippen molar-refractivity contribution in [1.29, 1.82) is 5.26 Å². The summed E-state index contributed by atoms with van der Waals surface area (Å²) in [7, 11) is 1.59. The lowest BCUT2D eigenvalue weighted by Gasteiger charge is -2.33. The first kappa shape index (κ1) is 17.4. The van der Waals surface area contributed by atoms with Gasteiger partial charge in [-0.3, -0.25) is 4.90 Å². The van der Waals surface area contributed by atoms with E-state index >= 15 is 0 Å². The van der Waals surface area contributed by atoms with Gasteiger partial charge in [-0.1, -0.05) is 0 Å². The molecule has 1 aromatic heterocycles. The molecule has 0 atom stereocenters. The van der Waals surface area contributed by atoms with Crippen molar-refractivity contribution in [2.45, 2.75) is 32.9 Å². The summed E-state index contributed by atoms with van der Waals surface area (Å²) in [4.78, 5) is 6.89. The summed E-state index contributed by atoms with van der Waals surface area (Å²) in [5.41, 5.74) is 10.2. The molecule has 0 spiro atoms. The Labute approximate surface area is 158 Å². The van der Waals surface area contributed by atoms with E-state index in [2.05, 4.69) is 29.8 Å². The molecule has 1 aromatic carbocycles. The SMILES string of the molecule is COc1cc(-c2c(C#N)c(N)nc3c2CN(C(C)C)CC3)cc2c1OCO2. The second kappa shape index (κ2) is 6.63. The largest absolute Gasteiger partial charge is 0.493 e. The number of ether oxygens (including phenoxy) is 3. The predicted molar refractivity (Wildman–Crippen MR) is 101 cm³/mol. The zero-order valence-electron chi connectivity index (χ0n) is 15.7. The fourth-order valence-electron chi connectivity index (χ4n) is 3.75. The van der Waals surface area contributed by atoms with E-state index in [1.54, 1.807) is 7.11 Å². The predicted octanol–water partition coefficient (Wildman–Crippen LogP) is 2.71. The molecule has 140 valence electrons. The first-order valence-corrected chi connectivity index (χ1v) is 8.96. The molecule has 0 bridgehead atoms. The summed E-state index contributed by atoms with van der Waals surface area (Å²) in [5.74, 6) is 2.03. The quantitative estimate of drug-likeness (QED) is 0.892. The van der Waals surface area contributed by atoms with Gasteiger partial charge >= 0.3 is 0 Å². The van der Waals surface area contributed by atoms with Gasteiger partial charge in [0.15, 0.2) is 11.5 Å². The van der Waals surface area contributed by atoms with E-state index in [-0.39, 0.29) is 12.6 Å². The maximum Gasteiger partial charge on any atom is 0.231 e. The van der Waals surface area contributed by atoms with E-state index in [0.717, 1.165) is 41.9 Å². The van der Waals surface area contributed by atoms with Gasteiger partial charge in [-0.05, 0) is 37.1 Å². The minimum atomic E-state index is 0.151. The average molecular weight is 366 g/mol. The van der Waals surface area contributed by atoms with Crippen molar-refractivity contribution < 1.29 is 14.2 Å². The van der Waals surface area contributed by atoms with Gasteiger partial charge in [0.2, 0.25) is 12.5 Å². The van der Waals surface area contributed by atoms with Gasteiger partial charge in [-0.25, -0.2) is 4.98 Å². The fourth-order valence-corrected chi connectivity index (χ4v) is 3.75. The number of nitrogens with zero attached hydrogens (tertiary/aromatic N) is 3. The van der Waals surface area contributed by atoms with E-state index in [9.17, 15) is 5.26 Å². The van der Waals surface area contributed by atoms with Crippen molar-refractivity contribution in [2.24, 2.45) is 0 Å². The Balaban J connectivity index is 1.95. The molecule has 7 nitrogen and oxygen atoms in total. The number of benzene rings is 1. The lowest BCUT2D eigenvalue weighted by molar-refractivity contribution is 0.171. The Hall–Kier alpha value is -2.98. The molecule has 2 aromatic rings. The first-order valence-electron chi connectivity index (χ1n) is 8.96. The summed E-state index contributed by atoms with van der Waals surface area (Å²) in [6.45, 7) is 6.14. The molecule has 0 fully saturated rings. The maximum atomic E-state index is 9.79. The monoisotopic (exact) mass is 366 g/mol. The van der Waals surface area contributed by atoms with E-state index in [4.69, 9.17) is 19.9 Å². The van der Waals surface area contributed by atoms with Crippen molar-refractivity contribution in [3.63, 3.8) is 0 Å². The van der Waals surface area contributed by atoms with Gasteiger partial charge in [0, 0.05) is 36.8 Å². The molecule has 0 saturated heterocycles. The minimum absolute atomic E-state index is 0.151. The summed E-state index contributed by atoms with van der Waals surface area (Å²) >= 11 is 0. The molecule has 2 N–H and O–H groups in total. The molecule has 0 amide bonds. The Morgan fingerprint density at radius 2 is 2.15 bits per heavy atom. The van der Waals surface area contributed by atoms with E-state index in [1.807, 2.05) is 12.1 Å². The van der Waals surface area contributed by atoms with Gasteiger partial charge < -0.3 is 19.9 Å². The molecule has 3 heterocycles. The number of methoxy groups -OCH3 is 1. The van der Waals surface area contributed by atoms with E-state index < -0.39 is 0 Å². The number of anilines is 1. The molecule has 27 heavy (non-hydrogen) atoms. The summed E-state index contributed by atoms with van der Waals surface area (Å²) < 4.78 is 16.5. The minimum Gasteiger partial charge on any atom is -0.493 e. The first-order chi connectivity index (χ1) is 13.0. The Morgan fingerprint density at radius 3 is 2.85 bits per heavy atom. The zero-order chi connectivity index (χ0) is 19.1. The van der Waals surface area contributed by atoms with Crippen LogP contribution < -0.4 is 19.9 Å².